The van der Waals surface area contributed by atoms with Crippen molar-refractivity contribution in [3.8, 4) is 17.0 Å². The molecule has 3 rings (SSSR count). The van der Waals surface area contributed by atoms with Crippen LogP contribution in [0.5, 0.6) is 5.75 Å². The van der Waals surface area contributed by atoms with Crippen molar-refractivity contribution in [3.05, 3.63) is 39.9 Å². The molecule has 0 saturated carbocycles. The van der Waals surface area contributed by atoms with E-state index in [1.54, 1.807) is 0 Å². The topological polar surface area (TPSA) is 67.9 Å². The zero-order chi connectivity index (χ0) is 12.9. The predicted octanol–water partition coefficient (Wildman–Crippen LogP) is 1.77. The van der Waals surface area contributed by atoms with Crippen LogP contribution in [0.2, 0.25) is 0 Å². The number of nitrogens with one attached hydrogen (secondary N) is 1. The second-order valence-corrected chi connectivity index (χ2v) is 4.95. The van der Waals surface area contributed by atoms with Gasteiger partial charge in [0, 0.05) is 5.56 Å². The number of rotatable bonds is 0. The van der Waals surface area contributed by atoms with Crippen molar-refractivity contribution in [2.75, 3.05) is 0 Å². The summed E-state index contributed by atoms with van der Waals surface area (Å²) in [7, 11) is 0. The smallest absolute Gasteiger partial charge is 0.361 e. The number of aromatic nitrogens is 3. The Bertz CT molecular complexity index is 689. The molecular formula is C13H13N3O2. The summed E-state index contributed by atoms with van der Waals surface area (Å²) in [5.41, 5.74) is 2.12. The van der Waals surface area contributed by atoms with E-state index >= 15 is 0 Å². The fourth-order valence-electron chi connectivity index (χ4n) is 2.18. The van der Waals surface area contributed by atoms with Crippen molar-refractivity contribution in [3.63, 3.8) is 0 Å². The molecule has 1 aliphatic rings. The average Bonchev–Trinajstić information content (AvgIpc) is 2.30. The quantitative estimate of drug-likeness (QED) is 0.765. The number of nitrogens with zero attached hydrogens (tertiary/aromatic N) is 2. The Kier molecular flexibility index (Phi) is 2.08. The third kappa shape index (κ3) is 1.51. The van der Waals surface area contributed by atoms with Gasteiger partial charge in [-0.2, -0.15) is 10.1 Å². The van der Waals surface area contributed by atoms with Crippen LogP contribution in [0.4, 0.5) is 0 Å². The highest BCUT2D eigenvalue weighted by molar-refractivity contribution is 5.72. The highest BCUT2D eigenvalue weighted by atomic mass is 16.5. The molecule has 0 amide bonds. The van der Waals surface area contributed by atoms with Crippen LogP contribution in [0.3, 0.4) is 0 Å². The fraction of sp³-hybridized carbons (Fsp3) is 0.308. The first-order chi connectivity index (χ1) is 8.47. The molecule has 18 heavy (non-hydrogen) atoms. The molecule has 1 aromatic heterocycles. The Morgan fingerprint density at radius 2 is 2.11 bits per heavy atom. The van der Waals surface area contributed by atoms with Crippen LogP contribution < -0.4 is 10.4 Å². The van der Waals surface area contributed by atoms with E-state index in [1.165, 1.54) is 0 Å². The van der Waals surface area contributed by atoms with E-state index in [9.17, 15) is 4.79 Å². The van der Waals surface area contributed by atoms with E-state index in [4.69, 9.17) is 4.74 Å². The summed E-state index contributed by atoms with van der Waals surface area (Å²) in [5, 5.41) is 6.44. The maximum absolute atomic E-state index is 11.4. The first-order valence-corrected chi connectivity index (χ1v) is 5.74. The van der Waals surface area contributed by atoms with Crippen LogP contribution in [0.15, 0.2) is 23.0 Å². The number of aromatic amines is 1. The summed E-state index contributed by atoms with van der Waals surface area (Å²) < 4.78 is 5.92. The molecule has 2 aromatic rings. The van der Waals surface area contributed by atoms with E-state index in [0.717, 1.165) is 16.9 Å². The Balaban J connectivity index is 2.37. The van der Waals surface area contributed by atoms with E-state index in [2.05, 4.69) is 15.2 Å². The summed E-state index contributed by atoms with van der Waals surface area (Å²) in [6.45, 7) is 5.80. The number of ether oxygens (including phenoxy) is 1. The van der Waals surface area contributed by atoms with Crippen molar-refractivity contribution < 1.29 is 4.74 Å². The number of H-pyrrole nitrogens is 1. The summed E-state index contributed by atoms with van der Waals surface area (Å²) in [4.78, 5) is 15.4. The van der Waals surface area contributed by atoms with Crippen molar-refractivity contribution in [2.45, 2.75) is 26.4 Å². The standard InChI is InChI=1S/C13H13N3O2/c1-7-4-5-9-8(6-7)10-11(13(2,3)18-9)15-16-12(17)14-10/h4-6H,1-3H3,(H,14,16,17). The lowest BCUT2D eigenvalue weighted by atomic mass is 9.94. The van der Waals surface area contributed by atoms with E-state index in [-0.39, 0.29) is 0 Å². The van der Waals surface area contributed by atoms with Crippen LogP contribution in [-0.2, 0) is 5.60 Å². The van der Waals surface area contributed by atoms with Gasteiger partial charge in [-0.05, 0) is 32.9 Å². The molecular weight excluding hydrogens is 230 g/mol. The maximum atomic E-state index is 11.4. The number of benzene rings is 1. The molecule has 0 saturated heterocycles. The molecule has 0 spiro atoms. The van der Waals surface area contributed by atoms with Gasteiger partial charge in [-0.3, -0.25) is 0 Å². The van der Waals surface area contributed by atoms with Crippen LogP contribution in [0.25, 0.3) is 11.3 Å². The molecule has 1 aromatic carbocycles. The van der Waals surface area contributed by atoms with E-state index in [1.807, 2.05) is 39.0 Å². The van der Waals surface area contributed by atoms with Gasteiger partial charge in [-0.15, -0.1) is 0 Å². The Hall–Kier alpha value is -2.17. The molecule has 5 heteroatoms. The van der Waals surface area contributed by atoms with Crippen LogP contribution in [0.1, 0.15) is 25.1 Å². The van der Waals surface area contributed by atoms with Gasteiger partial charge >= 0.3 is 5.69 Å². The highest BCUT2D eigenvalue weighted by Crippen LogP contribution is 2.42. The van der Waals surface area contributed by atoms with Crippen molar-refractivity contribution in [1.82, 2.24) is 15.2 Å². The summed E-state index contributed by atoms with van der Waals surface area (Å²) in [6.07, 6.45) is 0. The largest absolute Gasteiger partial charge is 0.481 e. The minimum Gasteiger partial charge on any atom is -0.481 e. The normalized spacial score (nSPS) is 15.5. The van der Waals surface area contributed by atoms with Gasteiger partial charge in [0.2, 0.25) is 0 Å². The lowest BCUT2D eigenvalue weighted by molar-refractivity contribution is 0.0984. The first kappa shape index (κ1) is 11.0. The molecule has 0 unspecified atom stereocenters. The van der Waals surface area contributed by atoms with Gasteiger partial charge < -0.3 is 4.74 Å². The first-order valence-electron chi connectivity index (χ1n) is 5.74. The SMILES string of the molecule is Cc1ccc2c(c1)-c1nc(=O)[nH]nc1C(C)(C)O2. The number of hydrogen-bond donors (Lipinski definition) is 1. The van der Waals surface area contributed by atoms with Crippen LogP contribution in [-0.4, -0.2) is 15.2 Å². The summed E-state index contributed by atoms with van der Waals surface area (Å²) in [6, 6.07) is 5.83. The molecule has 0 fully saturated rings. The van der Waals surface area contributed by atoms with Gasteiger partial charge in [-0.25, -0.2) is 9.89 Å². The lowest BCUT2D eigenvalue weighted by Gasteiger charge is -2.32. The fourth-order valence-corrected chi connectivity index (χ4v) is 2.18. The monoisotopic (exact) mass is 243 g/mol. The molecule has 2 heterocycles. The zero-order valence-electron chi connectivity index (χ0n) is 10.4. The third-order valence-corrected chi connectivity index (χ3v) is 3.03. The second-order valence-electron chi connectivity index (χ2n) is 4.95. The van der Waals surface area contributed by atoms with Gasteiger partial charge in [0.1, 0.15) is 22.7 Å². The van der Waals surface area contributed by atoms with Crippen LogP contribution in [0, 0.1) is 6.92 Å². The lowest BCUT2D eigenvalue weighted by Crippen LogP contribution is -2.33. The van der Waals surface area contributed by atoms with Crippen molar-refractivity contribution >= 4 is 0 Å². The second kappa shape index (κ2) is 3.41. The molecule has 1 N–H and O–H groups in total. The number of aryl methyl sites for hydroxylation is 1. The molecule has 0 aliphatic carbocycles. The molecule has 92 valence electrons. The number of fused-ring (bicyclic) bond motifs is 3. The highest BCUT2D eigenvalue weighted by Gasteiger charge is 2.35. The maximum Gasteiger partial charge on any atom is 0.361 e. The Labute approximate surface area is 104 Å². The molecule has 0 bridgehead atoms. The summed E-state index contributed by atoms with van der Waals surface area (Å²) >= 11 is 0. The minimum absolute atomic E-state index is 0.445. The van der Waals surface area contributed by atoms with E-state index in [0.29, 0.717) is 11.4 Å². The third-order valence-electron chi connectivity index (χ3n) is 3.03. The van der Waals surface area contributed by atoms with Gasteiger partial charge in [0.15, 0.2) is 0 Å². The minimum atomic E-state index is -0.602. The molecule has 0 atom stereocenters. The summed E-state index contributed by atoms with van der Waals surface area (Å²) in [5.74, 6) is 0.734. The average molecular weight is 243 g/mol. The van der Waals surface area contributed by atoms with Gasteiger partial charge in [0.05, 0.1) is 0 Å². The zero-order valence-corrected chi connectivity index (χ0v) is 10.4. The van der Waals surface area contributed by atoms with Crippen molar-refractivity contribution in [2.24, 2.45) is 0 Å². The number of hydrogen-bond acceptors (Lipinski definition) is 4. The van der Waals surface area contributed by atoms with Gasteiger partial charge in [0.25, 0.3) is 0 Å². The predicted molar refractivity (Wildman–Crippen MR) is 66.5 cm³/mol. The Morgan fingerprint density at radius 1 is 1.33 bits per heavy atom. The Morgan fingerprint density at radius 3 is 2.89 bits per heavy atom. The van der Waals surface area contributed by atoms with Crippen molar-refractivity contribution in [1.29, 1.82) is 0 Å². The molecule has 5 nitrogen and oxygen atoms in total. The molecule has 1 aliphatic heterocycles. The van der Waals surface area contributed by atoms with Gasteiger partial charge in [-0.1, -0.05) is 11.6 Å². The van der Waals surface area contributed by atoms with E-state index < -0.39 is 11.3 Å². The molecule has 0 radical (unpaired) electrons. The van der Waals surface area contributed by atoms with Crippen LogP contribution >= 0.6 is 0 Å².